The van der Waals surface area contributed by atoms with E-state index in [0.29, 0.717) is 24.7 Å². The van der Waals surface area contributed by atoms with E-state index < -0.39 is 0 Å². The van der Waals surface area contributed by atoms with Crippen LogP contribution in [0.4, 0.5) is 0 Å². The van der Waals surface area contributed by atoms with Gasteiger partial charge in [-0.2, -0.15) is 0 Å². The standard InChI is InChI=1S/C22H28N2O4/c1-6-11-28-19-9-7-17(12-20(19)26-4)8-10-21(25)24-14-18-16(3)22(27-5)15(2)13-23-18/h7-10,12-13H,6,11,14H2,1-5H3,(H,24,25)/b10-8+. The Hall–Kier alpha value is -3.02. The lowest BCUT2D eigenvalue weighted by Gasteiger charge is -2.12. The molecule has 0 saturated carbocycles. The van der Waals surface area contributed by atoms with Crippen LogP contribution in [0, 0.1) is 13.8 Å². The number of rotatable bonds is 9. The second-order valence-electron chi connectivity index (χ2n) is 6.36. The van der Waals surface area contributed by atoms with Gasteiger partial charge >= 0.3 is 0 Å². The van der Waals surface area contributed by atoms with Gasteiger partial charge in [0, 0.05) is 23.4 Å². The maximum absolute atomic E-state index is 12.2. The molecule has 0 atom stereocenters. The largest absolute Gasteiger partial charge is 0.496 e. The smallest absolute Gasteiger partial charge is 0.244 e. The summed E-state index contributed by atoms with van der Waals surface area (Å²) in [5.41, 5.74) is 3.53. The Bertz CT molecular complexity index is 847. The molecule has 0 aliphatic rings. The molecule has 6 nitrogen and oxygen atoms in total. The van der Waals surface area contributed by atoms with Crippen LogP contribution in [0.5, 0.6) is 17.2 Å². The van der Waals surface area contributed by atoms with Crippen molar-refractivity contribution in [2.24, 2.45) is 0 Å². The third-order valence-electron chi connectivity index (χ3n) is 4.26. The summed E-state index contributed by atoms with van der Waals surface area (Å²) in [6, 6.07) is 5.57. The first-order valence-electron chi connectivity index (χ1n) is 9.26. The van der Waals surface area contributed by atoms with Gasteiger partial charge in [-0.1, -0.05) is 13.0 Å². The van der Waals surface area contributed by atoms with Gasteiger partial charge in [0.15, 0.2) is 11.5 Å². The number of carbonyl (C=O) groups is 1. The Morgan fingerprint density at radius 3 is 2.64 bits per heavy atom. The fraction of sp³-hybridized carbons (Fsp3) is 0.364. The van der Waals surface area contributed by atoms with E-state index in [0.717, 1.165) is 34.6 Å². The van der Waals surface area contributed by atoms with Gasteiger partial charge in [0.1, 0.15) is 5.75 Å². The molecule has 0 radical (unpaired) electrons. The topological polar surface area (TPSA) is 69.7 Å². The van der Waals surface area contributed by atoms with Crippen LogP contribution >= 0.6 is 0 Å². The Morgan fingerprint density at radius 2 is 1.96 bits per heavy atom. The van der Waals surface area contributed by atoms with E-state index in [2.05, 4.69) is 10.3 Å². The highest BCUT2D eigenvalue weighted by Gasteiger charge is 2.10. The van der Waals surface area contributed by atoms with Crippen LogP contribution in [0.25, 0.3) is 6.08 Å². The number of carbonyl (C=O) groups excluding carboxylic acids is 1. The molecule has 0 unspecified atom stereocenters. The van der Waals surface area contributed by atoms with E-state index in [1.165, 1.54) is 6.08 Å². The van der Waals surface area contributed by atoms with Crippen molar-refractivity contribution < 1.29 is 19.0 Å². The van der Waals surface area contributed by atoms with Gasteiger partial charge in [-0.3, -0.25) is 9.78 Å². The van der Waals surface area contributed by atoms with Gasteiger partial charge < -0.3 is 19.5 Å². The number of hydrogen-bond acceptors (Lipinski definition) is 5. The molecule has 28 heavy (non-hydrogen) atoms. The summed E-state index contributed by atoms with van der Waals surface area (Å²) in [6.45, 7) is 6.89. The summed E-state index contributed by atoms with van der Waals surface area (Å²) in [7, 11) is 3.23. The number of aromatic nitrogens is 1. The number of aryl methyl sites for hydroxylation is 1. The number of nitrogens with one attached hydrogen (secondary N) is 1. The van der Waals surface area contributed by atoms with Crippen molar-refractivity contribution in [1.82, 2.24) is 10.3 Å². The highest BCUT2D eigenvalue weighted by molar-refractivity contribution is 5.91. The number of pyridine rings is 1. The average Bonchev–Trinajstić information content (AvgIpc) is 2.70. The van der Waals surface area contributed by atoms with E-state index >= 15 is 0 Å². The number of ether oxygens (including phenoxy) is 3. The molecule has 1 amide bonds. The Balaban J connectivity index is 2.00. The molecule has 2 rings (SSSR count). The first-order valence-corrected chi connectivity index (χ1v) is 9.26. The molecule has 2 aromatic rings. The molecule has 0 fully saturated rings. The molecule has 1 N–H and O–H groups in total. The Labute approximate surface area is 166 Å². The molecule has 1 aromatic heterocycles. The second-order valence-corrected chi connectivity index (χ2v) is 6.36. The highest BCUT2D eigenvalue weighted by Crippen LogP contribution is 2.28. The lowest BCUT2D eigenvalue weighted by molar-refractivity contribution is -0.116. The Morgan fingerprint density at radius 1 is 1.18 bits per heavy atom. The first kappa shape index (κ1) is 21.3. The highest BCUT2D eigenvalue weighted by atomic mass is 16.5. The minimum absolute atomic E-state index is 0.203. The molecule has 150 valence electrons. The van der Waals surface area contributed by atoms with Crippen LogP contribution in [0.3, 0.4) is 0 Å². The van der Waals surface area contributed by atoms with Gasteiger partial charge in [0.25, 0.3) is 0 Å². The van der Waals surface area contributed by atoms with Crippen LogP contribution < -0.4 is 19.5 Å². The zero-order valence-corrected chi connectivity index (χ0v) is 17.2. The SMILES string of the molecule is CCCOc1ccc(/C=C/C(=O)NCc2ncc(C)c(OC)c2C)cc1OC. The van der Waals surface area contributed by atoms with Crippen molar-refractivity contribution in [3.63, 3.8) is 0 Å². The third-order valence-corrected chi connectivity index (χ3v) is 4.26. The Kier molecular flexibility index (Phi) is 7.87. The van der Waals surface area contributed by atoms with Crippen LogP contribution in [-0.4, -0.2) is 31.7 Å². The summed E-state index contributed by atoms with van der Waals surface area (Å²) >= 11 is 0. The molecule has 6 heteroatoms. The first-order chi connectivity index (χ1) is 13.5. The molecule has 0 saturated heterocycles. The van der Waals surface area contributed by atoms with Gasteiger partial charge in [0.2, 0.25) is 5.91 Å². The van der Waals surface area contributed by atoms with E-state index in [-0.39, 0.29) is 5.91 Å². The van der Waals surface area contributed by atoms with E-state index in [9.17, 15) is 4.79 Å². The van der Waals surface area contributed by atoms with Gasteiger partial charge in [-0.15, -0.1) is 0 Å². The van der Waals surface area contributed by atoms with Crippen molar-refractivity contribution in [3.05, 3.63) is 52.9 Å². The minimum Gasteiger partial charge on any atom is -0.496 e. The number of methoxy groups -OCH3 is 2. The molecule has 0 aliphatic carbocycles. The maximum atomic E-state index is 12.2. The van der Waals surface area contributed by atoms with Crippen molar-refractivity contribution >= 4 is 12.0 Å². The average molecular weight is 384 g/mol. The number of benzene rings is 1. The van der Waals surface area contributed by atoms with Crippen molar-refractivity contribution in [3.8, 4) is 17.2 Å². The van der Waals surface area contributed by atoms with E-state index in [4.69, 9.17) is 14.2 Å². The molecule has 1 heterocycles. The lowest BCUT2D eigenvalue weighted by atomic mass is 10.1. The van der Waals surface area contributed by atoms with Gasteiger partial charge in [-0.05, 0) is 44.0 Å². The summed E-state index contributed by atoms with van der Waals surface area (Å²) in [4.78, 5) is 16.6. The molecule has 0 aliphatic heterocycles. The monoisotopic (exact) mass is 384 g/mol. The second kappa shape index (κ2) is 10.3. The van der Waals surface area contributed by atoms with E-state index in [1.807, 2.05) is 39.0 Å². The zero-order valence-electron chi connectivity index (χ0n) is 17.2. The summed E-state index contributed by atoms with van der Waals surface area (Å²) in [5, 5.41) is 2.85. The predicted octanol–water partition coefficient (Wildman–Crippen LogP) is 3.83. The van der Waals surface area contributed by atoms with Gasteiger partial charge in [-0.25, -0.2) is 0 Å². The molecule has 0 bridgehead atoms. The number of nitrogens with zero attached hydrogens (tertiary/aromatic N) is 1. The summed E-state index contributed by atoms with van der Waals surface area (Å²) < 4.78 is 16.4. The van der Waals surface area contributed by atoms with Gasteiger partial charge in [0.05, 0.1) is 33.1 Å². The van der Waals surface area contributed by atoms with Crippen LogP contribution in [0.2, 0.25) is 0 Å². The summed E-state index contributed by atoms with van der Waals surface area (Å²) in [5.74, 6) is 1.93. The third kappa shape index (κ3) is 5.49. The van der Waals surface area contributed by atoms with Crippen LogP contribution in [-0.2, 0) is 11.3 Å². The molecular weight excluding hydrogens is 356 g/mol. The van der Waals surface area contributed by atoms with Crippen molar-refractivity contribution in [2.75, 3.05) is 20.8 Å². The molecule has 1 aromatic carbocycles. The zero-order chi connectivity index (χ0) is 20.5. The van der Waals surface area contributed by atoms with Crippen molar-refractivity contribution in [2.45, 2.75) is 33.7 Å². The number of amides is 1. The fourth-order valence-electron chi connectivity index (χ4n) is 2.77. The normalized spacial score (nSPS) is 10.8. The lowest BCUT2D eigenvalue weighted by Crippen LogP contribution is -2.21. The van der Waals surface area contributed by atoms with E-state index in [1.54, 1.807) is 26.5 Å². The summed E-state index contributed by atoms with van der Waals surface area (Å²) in [6.07, 6.45) is 5.89. The predicted molar refractivity (Wildman–Crippen MR) is 110 cm³/mol. The maximum Gasteiger partial charge on any atom is 0.244 e. The quantitative estimate of drug-likeness (QED) is 0.666. The molecular formula is C22H28N2O4. The number of hydrogen-bond donors (Lipinski definition) is 1. The molecule has 0 spiro atoms. The minimum atomic E-state index is -0.203. The van der Waals surface area contributed by atoms with Crippen LogP contribution in [0.15, 0.2) is 30.5 Å². The fourth-order valence-corrected chi connectivity index (χ4v) is 2.77. The van der Waals surface area contributed by atoms with Crippen molar-refractivity contribution in [1.29, 1.82) is 0 Å². The van der Waals surface area contributed by atoms with Crippen LogP contribution in [0.1, 0.15) is 35.7 Å².